The summed E-state index contributed by atoms with van der Waals surface area (Å²) in [6, 6.07) is 12.4. The molecule has 0 spiro atoms. The highest BCUT2D eigenvalue weighted by Gasteiger charge is 2.70. The van der Waals surface area contributed by atoms with Crippen LogP contribution in [0.3, 0.4) is 0 Å². The third-order valence-corrected chi connectivity index (χ3v) is 11.0. The summed E-state index contributed by atoms with van der Waals surface area (Å²) in [5.74, 6) is -4.40. The van der Waals surface area contributed by atoms with E-state index in [1.54, 1.807) is 24.1 Å². The fourth-order valence-electron chi connectivity index (χ4n) is 8.98. The van der Waals surface area contributed by atoms with Crippen molar-refractivity contribution in [1.29, 1.82) is 0 Å². The zero-order chi connectivity index (χ0) is 33.0. The molecule has 3 amide bonds. The first-order valence-corrected chi connectivity index (χ1v) is 16.1. The van der Waals surface area contributed by atoms with Gasteiger partial charge in [-0.1, -0.05) is 42.5 Å². The fourth-order valence-corrected chi connectivity index (χ4v) is 8.98. The molecule has 4 saturated heterocycles. The molecular formula is C34H36F3N5O5. The van der Waals surface area contributed by atoms with Gasteiger partial charge in [0.2, 0.25) is 17.5 Å². The summed E-state index contributed by atoms with van der Waals surface area (Å²) in [6.45, 7) is 2.10. The predicted molar refractivity (Wildman–Crippen MR) is 162 cm³/mol. The number of carbonyl (C=O) groups excluding carboxylic acids is 3. The minimum atomic E-state index is -4.52. The number of likely N-dealkylation sites (N-methyl/N-ethyl adjacent to an activating group) is 1. The number of benzene rings is 2. The van der Waals surface area contributed by atoms with Crippen LogP contribution in [-0.4, -0.2) is 92.4 Å². The molecule has 3 aromatic rings. The molecule has 7 atom stereocenters. The number of rotatable bonds is 4. The molecule has 1 aliphatic carbocycles. The minimum absolute atomic E-state index is 0.170. The van der Waals surface area contributed by atoms with Gasteiger partial charge in [0.25, 0.3) is 11.8 Å². The molecule has 1 aromatic heterocycles. The van der Waals surface area contributed by atoms with Crippen LogP contribution in [0, 0.1) is 5.92 Å². The van der Waals surface area contributed by atoms with Crippen LogP contribution in [0.1, 0.15) is 54.5 Å². The predicted octanol–water partition coefficient (Wildman–Crippen LogP) is 3.10. The highest BCUT2D eigenvalue weighted by Crippen LogP contribution is 2.49. The Morgan fingerprint density at radius 2 is 1.91 bits per heavy atom. The molecule has 5 heterocycles. The summed E-state index contributed by atoms with van der Waals surface area (Å²) in [4.78, 5) is 49.2. The number of ether oxygens (including phenoxy) is 1. The van der Waals surface area contributed by atoms with Crippen molar-refractivity contribution in [2.24, 2.45) is 5.92 Å². The molecule has 2 aromatic carbocycles. The number of aliphatic hydroxyl groups is 1. The summed E-state index contributed by atoms with van der Waals surface area (Å²) in [5, 5.41) is 15.4. The van der Waals surface area contributed by atoms with Crippen molar-refractivity contribution in [2.75, 3.05) is 20.1 Å². The maximum absolute atomic E-state index is 14.2. The van der Waals surface area contributed by atoms with E-state index in [4.69, 9.17) is 4.74 Å². The number of H-pyrrole nitrogens is 1. The van der Waals surface area contributed by atoms with Crippen molar-refractivity contribution in [3.63, 3.8) is 0 Å². The monoisotopic (exact) mass is 651 g/mol. The van der Waals surface area contributed by atoms with Gasteiger partial charge >= 0.3 is 6.18 Å². The van der Waals surface area contributed by atoms with Gasteiger partial charge < -0.3 is 25.2 Å². The van der Waals surface area contributed by atoms with Gasteiger partial charge in [-0.3, -0.25) is 24.0 Å². The van der Waals surface area contributed by atoms with Crippen molar-refractivity contribution >= 4 is 28.6 Å². The van der Waals surface area contributed by atoms with Crippen LogP contribution in [0.2, 0.25) is 0 Å². The van der Waals surface area contributed by atoms with Crippen molar-refractivity contribution in [2.45, 2.75) is 80.9 Å². The van der Waals surface area contributed by atoms with Crippen molar-refractivity contribution in [3.05, 3.63) is 70.9 Å². The van der Waals surface area contributed by atoms with Crippen LogP contribution < -0.4 is 5.32 Å². The van der Waals surface area contributed by atoms with E-state index in [1.165, 1.54) is 6.92 Å². The quantitative estimate of drug-likeness (QED) is 0.399. The minimum Gasteiger partial charge on any atom is -0.351 e. The third-order valence-electron chi connectivity index (χ3n) is 11.0. The highest BCUT2D eigenvalue weighted by molar-refractivity contribution is 5.97. The lowest BCUT2D eigenvalue weighted by molar-refractivity contribution is -0.315. The maximum Gasteiger partial charge on any atom is 0.431 e. The number of hydrogen-bond acceptors (Lipinski definition) is 6. The molecule has 13 heteroatoms. The smallest absolute Gasteiger partial charge is 0.351 e. The Kier molecular flexibility index (Phi) is 6.65. The van der Waals surface area contributed by atoms with Crippen molar-refractivity contribution < 1.29 is 37.4 Å². The van der Waals surface area contributed by atoms with Crippen LogP contribution in [0.5, 0.6) is 0 Å². The number of likely N-dealkylation sites (tertiary alicyclic amines) is 1. The normalized spacial score (nSPS) is 33.6. The van der Waals surface area contributed by atoms with Gasteiger partial charge in [-0.2, -0.15) is 13.2 Å². The van der Waals surface area contributed by atoms with Crippen molar-refractivity contribution in [3.8, 4) is 0 Å². The number of carbonyl (C=O) groups is 3. The average Bonchev–Trinajstić information content (AvgIpc) is 3.72. The summed E-state index contributed by atoms with van der Waals surface area (Å²) >= 11 is 0. The number of hydrogen-bond donors (Lipinski definition) is 3. The molecule has 10 nitrogen and oxygen atoms in total. The SMILES string of the molecule is CN1C[C@H](C(=O)N[C@]2(C)O[C@@]3(O)C4CCCN4C(=O)[C@H](Cc4ccccc4)N3C2=O)CC2c3cccc4[nH]c(C(F)(F)F)c(c34)C[C@H]21. The molecule has 3 N–H and O–H groups in total. The number of aromatic nitrogens is 1. The largest absolute Gasteiger partial charge is 0.431 e. The number of amides is 3. The number of nitrogens with zero attached hydrogens (tertiary/aromatic N) is 3. The fraction of sp³-hybridized carbons (Fsp3) is 0.500. The van der Waals surface area contributed by atoms with Crippen LogP contribution in [0.25, 0.3) is 10.9 Å². The van der Waals surface area contributed by atoms with E-state index in [-0.39, 0.29) is 42.8 Å². The number of piperazine rings is 1. The molecule has 4 fully saturated rings. The first kappa shape index (κ1) is 30.4. The van der Waals surface area contributed by atoms with Gasteiger partial charge in [-0.15, -0.1) is 0 Å². The molecule has 2 unspecified atom stereocenters. The lowest BCUT2D eigenvalue weighted by Crippen LogP contribution is -2.71. The Balaban J connectivity index is 1.08. The molecule has 8 rings (SSSR count). The Morgan fingerprint density at radius 3 is 2.66 bits per heavy atom. The Hall–Kier alpha value is -3.94. The third kappa shape index (κ3) is 4.46. The van der Waals surface area contributed by atoms with Gasteiger partial charge in [0.1, 0.15) is 17.8 Å². The zero-order valence-electron chi connectivity index (χ0n) is 26.0. The van der Waals surface area contributed by atoms with Crippen molar-refractivity contribution in [1.82, 2.24) is 25.0 Å². The summed E-state index contributed by atoms with van der Waals surface area (Å²) in [7, 11) is 1.80. The number of piperidine rings is 1. The molecule has 0 radical (unpaired) electrons. The lowest BCUT2D eigenvalue weighted by atomic mass is 9.72. The summed E-state index contributed by atoms with van der Waals surface area (Å²) in [6.07, 6.45) is -2.72. The summed E-state index contributed by atoms with van der Waals surface area (Å²) in [5.41, 5.74) is -0.430. The van der Waals surface area contributed by atoms with E-state index < -0.39 is 53.3 Å². The second-order valence-corrected chi connectivity index (χ2v) is 13.8. The number of fused-ring (bicyclic) bond motifs is 5. The van der Waals surface area contributed by atoms with Crippen LogP contribution in [0.4, 0.5) is 13.2 Å². The lowest BCUT2D eigenvalue weighted by Gasteiger charge is -2.48. The molecule has 47 heavy (non-hydrogen) atoms. The number of aromatic amines is 1. The van der Waals surface area contributed by atoms with E-state index in [2.05, 4.69) is 10.3 Å². The van der Waals surface area contributed by atoms with Gasteiger partial charge in [-0.05, 0) is 62.4 Å². The van der Waals surface area contributed by atoms with E-state index >= 15 is 0 Å². The van der Waals surface area contributed by atoms with Crippen LogP contribution in [-0.2, 0) is 38.1 Å². The molecule has 0 bridgehead atoms. The van der Waals surface area contributed by atoms with Gasteiger partial charge in [0, 0.05) is 42.4 Å². The van der Waals surface area contributed by atoms with E-state index in [1.807, 2.05) is 41.3 Å². The van der Waals surface area contributed by atoms with Crippen LogP contribution in [0.15, 0.2) is 48.5 Å². The molecule has 5 aliphatic rings. The number of nitrogens with one attached hydrogen (secondary N) is 2. The first-order valence-electron chi connectivity index (χ1n) is 16.1. The summed E-state index contributed by atoms with van der Waals surface area (Å²) < 4.78 is 48.1. The standard InChI is InChI=1S/C34H36F3N5O5/c1-32(31(45)42-25(14-18-8-4-3-5-9-18)30(44)41-13-7-12-26(41)34(42,46)47-32)39-29(43)19-15-21-20-10-6-11-23-27(20)22(16-24(21)40(2)17-19)28(38-23)33(35,36)37/h3-6,8-11,19,21,24-26,38,46H,7,12-17H2,1-2H3,(H,39,43)/t19-,21?,24-,25+,26?,32-,34+/m1/s1. The number of halogens is 3. The van der Waals surface area contributed by atoms with Gasteiger partial charge in [-0.25, -0.2) is 0 Å². The highest BCUT2D eigenvalue weighted by atomic mass is 19.4. The maximum atomic E-state index is 14.2. The molecule has 4 aliphatic heterocycles. The Bertz CT molecular complexity index is 1800. The molecule has 248 valence electrons. The number of alkyl halides is 3. The van der Waals surface area contributed by atoms with Gasteiger partial charge in [0.05, 0.1) is 5.92 Å². The topological polar surface area (TPSA) is 118 Å². The molecule has 0 saturated carbocycles. The van der Waals surface area contributed by atoms with Gasteiger partial charge in [0.15, 0.2) is 0 Å². The first-order chi connectivity index (χ1) is 22.3. The average molecular weight is 652 g/mol. The second kappa shape index (κ2) is 10.3. The second-order valence-electron chi connectivity index (χ2n) is 13.8. The molecular weight excluding hydrogens is 615 g/mol. The zero-order valence-corrected chi connectivity index (χ0v) is 26.0. The van der Waals surface area contributed by atoms with E-state index in [0.29, 0.717) is 36.7 Å². The Morgan fingerprint density at radius 1 is 1.15 bits per heavy atom. The van der Waals surface area contributed by atoms with E-state index in [9.17, 15) is 32.7 Å². The Labute approximate surface area is 268 Å². The van der Waals surface area contributed by atoms with Crippen LogP contribution >= 0.6 is 0 Å². The van der Waals surface area contributed by atoms with E-state index in [0.717, 1.165) is 16.0 Å².